The first-order valence-corrected chi connectivity index (χ1v) is 29.9. The molecule has 0 aromatic heterocycles. The third-order valence-electron chi connectivity index (χ3n) is 14.1. The van der Waals surface area contributed by atoms with Crippen LogP contribution in [0.15, 0.2) is 48.6 Å². The standard InChI is InChI=1S/C61H113NO8/c1-3-5-7-9-11-13-15-17-19-21-23-25-27-28-29-31-33-35-37-39-41-43-45-47-49-51-57(65)62-54(53-69-61-60(68)59(67)58(66)56(52-63)70-61)55(64)50-48-46-44-42-40-38-36-34-32-30-26-24-22-20-18-16-14-12-10-8-6-4-2/h15,17,21,23,40,42,48,50,54-56,58-61,63-64,66-68H,3-14,16,18-20,22,24-39,41,43-47,49,51-53H2,1-2H3,(H,62,65)/b17-15-,23-21-,42-40+,50-48+. The highest BCUT2D eigenvalue weighted by Crippen LogP contribution is 2.23. The van der Waals surface area contributed by atoms with Gasteiger partial charge in [-0.05, 0) is 64.2 Å². The largest absolute Gasteiger partial charge is 0.394 e. The van der Waals surface area contributed by atoms with Gasteiger partial charge in [0, 0.05) is 6.42 Å². The maximum atomic E-state index is 13.1. The Labute approximate surface area is 431 Å². The van der Waals surface area contributed by atoms with Crippen molar-refractivity contribution in [1.29, 1.82) is 0 Å². The maximum absolute atomic E-state index is 13.1. The summed E-state index contributed by atoms with van der Waals surface area (Å²) in [5.74, 6) is -0.185. The topological polar surface area (TPSA) is 149 Å². The van der Waals surface area contributed by atoms with Crippen molar-refractivity contribution in [3.8, 4) is 0 Å². The van der Waals surface area contributed by atoms with Gasteiger partial charge in [-0.25, -0.2) is 0 Å². The first-order chi connectivity index (χ1) is 34.3. The van der Waals surface area contributed by atoms with E-state index in [4.69, 9.17) is 9.47 Å². The molecule has 0 saturated carbocycles. The molecule has 1 fully saturated rings. The lowest BCUT2D eigenvalue weighted by Gasteiger charge is -2.40. The highest BCUT2D eigenvalue weighted by atomic mass is 16.7. The fraction of sp³-hybridized carbons (Fsp3) is 0.852. The van der Waals surface area contributed by atoms with E-state index in [-0.39, 0.29) is 12.5 Å². The Balaban J connectivity index is 2.23. The Morgan fingerprint density at radius 2 is 0.857 bits per heavy atom. The summed E-state index contributed by atoms with van der Waals surface area (Å²) in [6.07, 6.45) is 60.4. The number of carbonyl (C=O) groups excluding carboxylic acids is 1. The molecule has 1 heterocycles. The lowest BCUT2D eigenvalue weighted by atomic mass is 9.99. The normalized spacial score (nSPS) is 19.7. The predicted molar refractivity (Wildman–Crippen MR) is 295 cm³/mol. The number of nitrogens with one attached hydrogen (secondary N) is 1. The van der Waals surface area contributed by atoms with Crippen molar-refractivity contribution in [2.24, 2.45) is 0 Å². The summed E-state index contributed by atoms with van der Waals surface area (Å²) in [6.45, 7) is 3.78. The van der Waals surface area contributed by atoms with E-state index in [1.165, 1.54) is 212 Å². The summed E-state index contributed by atoms with van der Waals surface area (Å²) < 4.78 is 11.3. The van der Waals surface area contributed by atoms with E-state index < -0.39 is 49.5 Å². The minimum absolute atomic E-state index is 0.185. The molecule has 9 heteroatoms. The lowest BCUT2D eigenvalue weighted by molar-refractivity contribution is -0.302. The molecule has 6 N–H and O–H groups in total. The van der Waals surface area contributed by atoms with Crippen molar-refractivity contribution in [1.82, 2.24) is 5.32 Å². The molecule has 0 bridgehead atoms. The van der Waals surface area contributed by atoms with Gasteiger partial charge in [-0.2, -0.15) is 0 Å². The Bertz CT molecular complexity index is 1240. The van der Waals surface area contributed by atoms with E-state index in [9.17, 15) is 30.3 Å². The number of amides is 1. The lowest BCUT2D eigenvalue weighted by Crippen LogP contribution is -2.60. The summed E-state index contributed by atoms with van der Waals surface area (Å²) in [5.41, 5.74) is 0. The Morgan fingerprint density at radius 3 is 1.29 bits per heavy atom. The Hall–Kier alpha value is -1.85. The number of ether oxygens (including phenoxy) is 2. The van der Waals surface area contributed by atoms with Gasteiger partial charge in [0.05, 0.1) is 25.4 Å². The van der Waals surface area contributed by atoms with Crippen LogP contribution in [-0.2, 0) is 14.3 Å². The molecule has 0 spiro atoms. The quantitative estimate of drug-likeness (QED) is 0.0261. The first kappa shape index (κ1) is 66.2. The molecule has 7 atom stereocenters. The van der Waals surface area contributed by atoms with E-state index in [2.05, 4.69) is 55.6 Å². The fourth-order valence-electron chi connectivity index (χ4n) is 9.38. The molecule has 9 nitrogen and oxygen atoms in total. The van der Waals surface area contributed by atoms with Crippen LogP contribution in [0.3, 0.4) is 0 Å². The number of aliphatic hydroxyl groups is 5. The van der Waals surface area contributed by atoms with Crippen LogP contribution in [0.1, 0.15) is 277 Å². The summed E-state index contributed by atoms with van der Waals surface area (Å²) in [4.78, 5) is 13.1. The second-order valence-electron chi connectivity index (χ2n) is 20.8. The zero-order chi connectivity index (χ0) is 50.8. The molecule has 1 rings (SSSR count). The van der Waals surface area contributed by atoms with E-state index in [0.29, 0.717) is 6.42 Å². The van der Waals surface area contributed by atoms with Crippen LogP contribution in [0.4, 0.5) is 0 Å². The van der Waals surface area contributed by atoms with E-state index in [1.54, 1.807) is 6.08 Å². The van der Waals surface area contributed by atoms with Crippen LogP contribution < -0.4 is 5.32 Å². The van der Waals surface area contributed by atoms with Gasteiger partial charge in [-0.15, -0.1) is 0 Å². The second-order valence-corrected chi connectivity index (χ2v) is 20.8. The molecular weight excluding hydrogens is 875 g/mol. The number of carbonyl (C=O) groups is 1. The minimum Gasteiger partial charge on any atom is -0.394 e. The van der Waals surface area contributed by atoms with Crippen molar-refractivity contribution in [2.45, 2.75) is 320 Å². The van der Waals surface area contributed by atoms with Gasteiger partial charge in [0.25, 0.3) is 0 Å². The molecule has 0 aromatic rings. The third kappa shape index (κ3) is 39.7. The molecule has 7 unspecified atom stereocenters. The number of rotatable bonds is 51. The van der Waals surface area contributed by atoms with Crippen LogP contribution in [-0.4, -0.2) is 87.5 Å². The van der Waals surface area contributed by atoms with Crippen molar-refractivity contribution < 1.29 is 39.8 Å². The van der Waals surface area contributed by atoms with Crippen molar-refractivity contribution in [3.63, 3.8) is 0 Å². The zero-order valence-corrected chi connectivity index (χ0v) is 45.5. The van der Waals surface area contributed by atoms with Gasteiger partial charge in [-0.3, -0.25) is 4.79 Å². The van der Waals surface area contributed by atoms with Gasteiger partial charge in [0.15, 0.2) is 6.29 Å². The summed E-state index contributed by atoms with van der Waals surface area (Å²) in [6, 6.07) is -0.823. The maximum Gasteiger partial charge on any atom is 0.220 e. The molecular formula is C61H113NO8. The van der Waals surface area contributed by atoms with Gasteiger partial charge >= 0.3 is 0 Å². The second kappa shape index (κ2) is 50.7. The monoisotopic (exact) mass is 988 g/mol. The minimum atomic E-state index is -1.57. The predicted octanol–water partition coefficient (Wildman–Crippen LogP) is 14.9. The molecule has 1 aliphatic heterocycles. The molecule has 410 valence electrons. The SMILES string of the molecule is CCCCCCC/C=C\C/C=C\CCCCCCCCCCCCCCCC(=O)NC(COC1OC(CO)C(O)C(O)C1O)C(O)/C=C/CC/C=C/CCCCCCCCCCCCCCCCCC. The van der Waals surface area contributed by atoms with Crippen molar-refractivity contribution >= 4 is 5.91 Å². The van der Waals surface area contributed by atoms with Crippen molar-refractivity contribution in [2.75, 3.05) is 13.2 Å². The number of hydrogen-bond donors (Lipinski definition) is 6. The van der Waals surface area contributed by atoms with Crippen LogP contribution in [0.25, 0.3) is 0 Å². The van der Waals surface area contributed by atoms with Gasteiger partial charge < -0.3 is 40.3 Å². The van der Waals surface area contributed by atoms with E-state index in [0.717, 1.165) is 44.9 Å². The van der Waals surface area contributed by atoms with Gasteiger partial charge in [0.2, 0.25) is 5.91 Å². The van der Waals surface area contributed by atoms with Gasteiger partial charge in [-0.1, -0.05) is 255 Å². The molecule has 0 radical (unpaired) electrons. The molecule has 1 saturated heterocycles. The fourth-order valence-corrected chi connectivity index (χ4v) is 9.38. The number of allylic oxidation sites excluding steroid dienone is 7. The average molecular weight is 989 g/mol. The molecule has 0 aromatic carbocycles. The highest BCUT2D eigenvalue weighted by molar-refractivity contribution is 5.76. The van der Waals surface area contributed by atoms with E-state index >= 15 is 0 Å². The molecule has 1 aliphatic rings. The van der Waals surface area contributed by atoms with Crippen LogP contribution >= 0.6 is 0 Å². The van der Waals surface area contributed by atoms with Crippen LogP contribution in [0.5, 0.6) is 0 Å². The Kier molecular flexibility index (Phi) is 47.9. The summed E-state index contributed by atoms with van der Waals surface area (Å²) in [5, 5.41) is 54.5. The highest BCUT2D eigenvalue weighted by Gasteiger charge is 2.44. The van der Waals surface area contributed by atoms with E-state index in [1.807, 2.05) is 6.08 Å². The number of unbranched alkanes of at least 4 members (excludes halogenated alkanes) is 35. The molecule has 70 heavy (non-hydrogen) atoms. The zero-order valence-electron chi connectivity index (χ0n) is 45.5. The molecule has 1 amide bonds. The van der Waals surface area contributed by atoms with Crippen LogP contribution in [0, 0.1) is 0 Å². The first-order valence-electron chi connectivity index (χ1n) is 29.9. The summed E-state index contributed by atoms with van der Waals surface area (Å²) >= 11 is 0. The van der Waals surface area contributed by atoms with Crippen LogP contribution in [0.2, 0.25) is 0 Å². The van der Waals surface area contributed by atoms with Crippen molar-refractivity contribution in [3.05, 3.63) is 48.6 Å². The smallest absolute Gasteiger partial charge is 0.220 e. The van der Waals surface area contributed by atoms with Gasteiger partial charge in [0.1, 0.15) is 24.4 Å². The summed E-state index contributed by atoms with van der Waals surface area (Å²) in [7, 11) is 0. The number of aliphatic hydroxyl groups excluding tert-OH is 5. The molecule has 0 aliphatic carbocycles. The number of hydrogen-bond acceptors (Lipinski definition) is 8. The average Bonchev–Trinajstić information content (AvgIpc) is 3.36. The Morgan fingerprint density at radius 1 is 0.486 bits per heavy atom. The third-order valence-corrected chi connectivity index (χ3v) is 14.1.